The van der Waals surface area contributed by atoms with Gasteiger partial charge in [0.15, 0.2) is 5.78 Å². The lowest BCUT2D eigenvalue weighted by atomic mass is 10.1. The zero-order valence-electron chi connectivity index (χ0n) is 9.48. The molecule has 1 aromatic rings. The Bertz CT molecular complexity index is 444. The molecule has 1 heterocycles. The van der Waals surface area contributed by atoms with Gasteiger partial charge in [0.1, 0.15) is 0 Å². The van der Waals surface area contributed by atoms with E-state index >= 15 is 0 Å². The molecule has 0 spiro atoms. The van der Waals surface area contributed by atoms with E-state index in [1.807, 2.05) is 42.1 Å². The maximum absolute atomic E-state index is 12.0. The Hall–Kier alpha value is 0.0600. The molecular weight excluding hydrogens is 363 g/mol. The number of carbonyl (C=O) groups excluding carboxylic acids is 1. The summed E-state index contributed by atoms with van der Waals surface area (Å²) < 4.78 is 2.55. The topological polar surface area (TPSA) is 17.1 Å². The van der Waals surface area contributed by atoms with E-state index in [-0.39, 0.29) is 10.5 Å². The molecule has 0 unspecified atom stereocenters. The fourth-order valence-electron chi connectivity index (χ4n) is 1.46. The van der Waals surface area contributed by atoms with Crippen molar-refractivity contribution >= 4 is 51.9 Å². The number of rotatable bonds is 3. The van der Waals surface area contributed by atoms with Crippen molar-refractivity contribution in [2.45, 2.75) is 11.7 Å². The summed E-state index contributed by atoms with van der Waals surface area (Å²) in [5, 5.41) is 0. The van der Waals surface area contributed by atoms with Crippen LogP contribution in [0.5, 0.6) is 0 Å². The Morgan fingerprint density at radius 3 is 2.76 bits per heavy atom. The molecule has 0 saturated carbocycles. The average molecular weight is 376 g/mol. The molecule has 1 nitrogen and oxygen atoms in total. The quantitative estimate of drug-likeness (QED) is 0.337. The third-order valence-electron chi connectivity index (χ3n) is 2.46. The van der Waals surface area contributed by atoms with Crippen molar-refractivity contribution in [2.24, 2.45) is 0 Å². The Morgan fingerprint density at radius 1 is 1.47 bits per heavy atom. The zero-order chi connectivity index (χ0) is 12.3. The first-order valence-electron chi connectivity index (χ1n) is 5.32. The van der Waals surface area contributed by atoms with E-state index in [4.69, 9.17) is 0 Å². The van der Waals surface area contributed by atoms with Gasteiger partial charge in [-0.1, -0.05) is 52.9 Å². The third kappa shape index (κ3) is 3.51. The highest BCUT2D eigenvalue weighted by Crippen LogP contribution is 2.49. The van der Waals surface area contributed by atoms with Crippen LogP contribution < -0.4 is 0 Å². The molecule has 0 aromatic heterocycles. The minimum absolute atomic E-state index is 0.110. The van der Waals surface area contributed by atoms with Gasteiger partial charge >= 0.3 is 0 Å². The number of ketones is 1. The van der Waals surface area contributed by atoms with E-state index in [2.05, 4.69) is 29.5 Å². The second-order valence-corrected chi connectivity index (χ2v) is 7.84. The van der Waals surface area contributed by atoms with Crippen LogP contribution in [0.15, 0.2) is 40.6 Å². The minimum atomic E-state index is 0.110. The molecule has 1 saturated heterocycles. The fraction of sp³-hybridized carbons (Fsp3) is 0.308. The lowest BCUT2D eigenvalue weighted by Gasteiger charge is -2.16. The number of alkyl halides is 1. The highest BCUT2D eigenvalue weighted by atomic mass is 127. The number of carbonyl (C=O) groups is 1. The predicted octanol–water partition coefficient (Wildman–Crippen LogP) is 4.38. The van der Waals surface area contributed by atoms with Crippen molar-refractivity contribution in [3.05, 3.63) is 46.2 Å². The second kappa shape index (κ2) is 5.80. The number of hydrogen-bond donors (Lipinski definition) is 0. The van der Waals surface area contributed by atoms with E-state index < -0.39 is 0 Å². The van der Waals surface area contributed by atoms with E-state index in [1.165, 1.54) is 0 Å². The smallest absolute Gasteiger partial charge is 0.187 e. The van der Waals surface area contributed by atoms with Crippen molar-refractivity contribution in [3.63, 3.8) is 0 Å². The van der Waals surface area contributed by atoms with Gasteiger partial charge in [-0.3, -0.25) is 4.79 Å². The molecule has 2 rings (SSSR count). The summed E-state index contributed by atoms with van der Waals surface area (Å²) in [5.74, 6) is 1.20. The molecule has 0 aliphatic carbocycles. The normalized spacial score (nSPS) is 26.4. The number of halogens is 1. The van der Waals surface area contributed by atoms with Gasteiger partial charge in [-0.05, 0) is 6.92 Å². The van der Waals surface area contributed by atoms with Gasteiger partial charge in [0, 0.05) is 30.8 Å². The minimum Gasteiger partial charge on any atom is -0.289 e. The maximum atomic E-state index is 12.0. The molecule has 0 bridgehead atoms. The number of hydrogen-bond acceptors (Lipinski definition) is 3. The van der Waals surface area contributed by atoms with E-state index in [0.29, 0.717) is 0 Å². The molecule has 0 N–H and O–H groups in total. The zero-order valence-corrected chi connectivity index (χ0v) is 13.3. The summed E-state index contributed by atoms with van der Waals surface area (Å²) >= 11 is 6.04. The van der Waals surface area contributed by atoms with Crippen LogP contribution in [-0.4, -0.2) is 20.7 Å². The highest BCUT2D eigenvalue weighted by molar-refractivity contribution is 14.1. The lowest BCUT2D eigenvalue weighted by molar-refractivity contribution is 0.104. The maximum Gasteiger partial charge on any atom is 0.187 e. The average Bonchev–Trinajstić information content (AvgIpc) is 2.73. The monoisotopic (exact) mass is 376 g/mol. The number of allylic oxidation sites excluding steroid dienone is 1. The standard InChI is InChI=1S/C13H13IOS2/c1-13(8-14)9-16-12(17-13)7-11(15)10-5-3-2-4-6-10/h2-7H,8-9H2,1H3/b12-7-/t13-/m1/s1. The first kappa shape index (κ1) is 13.5. The summed E-state index contributed by atoms with van der Waals surface area (Å²) in [6.07, 6.45) is 1.78. The second-order valence-electron chi connectivity index (χ2n) is 4.17. The summed E-state index contributed by atoms with van der Waals surface area (Å²) in [6.45, 7) is 2.25. The van der Waals surface area contributed by atoms with Gasteiger partial charge in [-0.15, -0.1) is 23.5 Å². The molecule has 1 aliphatic heterocycles. The van der Waals surface area contributed by atoms with E-state index in [0.717, 1.165) is 20.0 Å². The molecule has 90 valence electrons. The van der Waals surface area contributed by atoms with Crippen LogP contribution in [0.3, 0.4) is 0 Å². The SMILES string of the molecule is C[C@@]1(CI)CS/C(=C/C(=O)c2ccccc2)S1. The van der Waals surface area contributed by atoms with E-state index in [9.17, 15) is 4.79 Å². The predicted molar refractivity (Wildman–Crippen MR) is 86.2 cm³/mol. The highest BCUT2D eigenvalue weighted by Gasteiger charge is 2.32. The van der Waals surface area contributed by atoms with Gasteiger partial charge < -0.3 is 0 Å². The Labute approximate surface area is 124 Å². The van der Waals surface area contributed by atoms with E-state index in [1.54, 1.807) is 17.8 Å². The molecule has 17 heavy (non-hydrogen) atoms. The molecule has 0 amide bonds. The number of benzene rings is 1. The van der Waals surface area contributed by atoms with Gasteiger partial charge in [-0.2, -0.15) is 0 Å². The van der Waals surface area contributed by atoms with Crippen LogP contribution in [0.4, 0.5) is 0 Å². The first-order chi connectivity index (χ1) is 8.13. The molecule has 1 aliphatic rings. The van der Waals surface area contributed by atoms with Crippen LogP contribution in [0.1, 0.15) is 17.3 Å². The van der Waals surface area contributed by atoms with Crippen molar-refractivity contribution < 1.29 is 4.79 Å². The largest absolute Gasteiger partial charge is 0.289 e. The first-order valence-corrected chi connectivity index (χ1v) is 8.65. The van der Waals surface area contributed by atoms with Crippen molar-refractivity contribution in [3.8, 4) is 0 Å². The molecule has 0 radical (unpaired) electrons. The van der Waals surface area contributed by atoms with Gasteiger partial charge in [-0.25, -0.2) is 0 Å². The lowest BCUT2D eigenvalue weighted by Crippen LogP contribution is -2.20. The third-order valence-corrected chi connectivity index (χ3v) is 7.73. The van der Waals surface area contributed by atoms with Gasteiger partial charge in [0.05, 0.1) is 0 Å². The number of thioether (sulfide) groups is 2. The van der Waals surface area contributed by atoms with Crippen molar-refractivity contribution in [1.29, 1.82) is 0 Å². The molecule has 4 heteroatoms. The van der Waals surface area contributed by atoms with Crippen molar-refractivity contribution in [2.75, 3.05) is 10.2 Å². The molecular formula is C13H13IOS2. The van der Waals surface area contributed by atoms with Crippen molar-refractivity contribution in [1.82, 2.24) is 0 Å². The van der Waals surface area contributed by atoms with Crippen LogP contribution in [0.25, 0.3) is 0 Å². The summed E-state index contributed by atoms with van der Waals surface area (Å²) in [4.78, 5) is 12.0. The Balaban J connectivity index is 2.09. The van der Waals surface area contributed by atoms with Crippen LogP contribution in [0.2, 0.25) is 0 Å². The Kier molecular flexibility index (Phi) is 4.60. The summed E-state index contributed by atoms with van der Waals surface area (Å²) in [5.41, 5.74) is 0.768. The molecule has 1 atom stereocenters. The molecule has 1 fully saturated rings. The van der Waals surface area contributed by atoms with Crippen LogP contribution >= 0.6 is 46.1 Å². The summed E-state index contributed by atoms with van der Waals surface area (Å²) in [6, 6.07) is 9.45. The van der Waals surface area contributed by atoms with Crippen LogP contribution in [0, 0.1) is 0 Å². The molecule has 1 aromatic carbocycles. The Morgan fingerprint density at radius 2 is 2.18 bits per heavy atom. The summed E-state index contributed by atoms with van der Waals surface area (Å²) in [7, 11) is 0. The van der Waals surface area contributed by atoms with Gasteiger partial charge in [0.25, 0.3) is 0 Å². The van der Waals surface area contributed by atoms with Gasteiger partial charge in [0.2, 0.25) is 0 Å². The fourth-order valence-corrected chi connectivity index (χ4v) is 5.43. The van der Waals surface area contributed by atoms with Crippen LogP contribution in [-0.2, 0) is 0 Å².